The van der Waals surface area contributed by atoms with E-state index < -0.39 is 6.23 Å². The first-order valence-corrected chi connectivity index (χ1v) is 9.83. The number of aromatic nitrogens is 3. The van der Waals surface area contributed by atoms with Crippen molar-refractivity contribution in [1.29, 1.82) is 0 Å². The fourth-order valence-electron chi connectivity index (χ4n) is 2.54. The number of furan rings is 1. The van der Waals surface area contributed by atoms with E-state index in [2.05, 4.69) is 36.4 Å². The molecule has 8 heteroatoms. The van der Waals surface area contributed by atoms with Crippen molar-refractivity contribution in [3.05, 3.63) is 52.9 Å². The molecule has 1 atom stereocenters. The molecule has 3 aromatic rings. The molecule has 0 saturated heterocycles. The highest BCUT2D eigenvalue weighted by Gasteiger charge is 2.24. The van der Waals surface area contributed by atoms with Crippen molar-refractivity contribution < 1.29 is 9.15 Å². The summed E-state index contributed by atoms with van der Waals surface area (Å²) >= 11 is 5.04. The lowest BCUT2D eigenvalue weighted by molar-refractivity contribution is 0.266. The van der Waals surface area contributed by atoms with E-state index in [0.717, 1.165) is 27.2 Å². The van der Waals surface area contributed by atoms with Gasteiger partial charge >= 0.3 is 0 Å². The number of nitrogens with zero attached hydrogens (tertiary/aromatic N) is 3. The summed E-state index contributed by atoms with van der Waals surface area (Å²) in [6, 6.07) is 9.64. The second-order valence-electron chi connectivity index (χ2n) is 5.43. The van der Waals surface area contributed by atoms with Gasteiger partial charge in [-0.05, 0) is 48.2 Å². The Hall–Kier alpha value is -2.32. The lowest BCUT2D eigenvalue weighted by atomic mass is 10.1. The lowest BCUT2D eigenvalue weighted by Gasteiger charge is -2.15. The first-order valence-electron chi connectivity index (χ1n) is 8.05. The Kier molecular flexibility index (Phi) is 4.94. The van der Waals surface area contributed by atoms with E-state index in [1.54, 1.807) is 6.26 Å². The lowest BCUT2D eigenvalue weighted by Crippen LogP contribution is -2.23. The van der Waals surface area contributed by atoms with Crippen molar-refractivity contribution in [2.24, 2.45) is 0 Å². The second-order valence-corrected chi connectivity index (χ2v) is 7.58. The number of ether oxygens (including phenoxy) is 1. The highest BCUT2D eigenvalue weighted by Crippen LogP contribution is 2.38. The average molecular weight is 431 g/mol. The molecule has 0 fully saturated rings. The van der Waals surface area contributed by atoms with Gasteiger partial charge in [0.2, 0.25) is 11.0 Å². The fourth-order valence-corrected chi connectivity index (χ4v) is 3.40. The summed E-state index contributed by atoms with van der Waals surface area (Å²) in [6.07, 6.45) is 4.96. The summed E-state index contributed by atoms with van der Waals surface area (Å²) in [7, 11) is 0. The number of thioether (sulfide) groups is 1. The monoisotopic (exact) mass is 430 g/mol. The predicted molar refractivity (Wildman–Crippen MR) is 105 cm³/mol. The molecule has 1 aliphatic rings. The molecule has 1 aliphatic heterocycles. The summed E-state index contributed by atoms with van der Waals surface area (Å²) in [4.78, 5) is 4.54. The molecule has 2 aromatic heterocycles. The summed E-state index contributed by atoms with van der Waals surface area (Å²) in [5, 5.41) is 12.5. The molecular weight excluding hydrogens is 416 g/mol. The molecule has 26 heavy (non-hydrogen) atoms. The van der Waals surface area contributed by atoms with Gasteiger partial charge in [-0.1, -0.05) is 34.6 Å². The van der Waals surface area contributed by atoms with Crippen LogP contribution in [0.15, 0.2) is 56.7 Å². The zero-order chi connectivity index (χ0) is 17.9. The number of hydrogen-bond acceptors (Lipinski definition) is 7. The third-order valence-corrected chi connectivity index (χ3v) is 4.87. The van der Waals surface area contributed by atoms with Crippen LogP contribution in [0.2, 0.25) is 0 Å². The van der Waals surface area contributed by atoms with Gasteiger partial charge in [-0.25, -0.2) is 0 Å². The number of rotatable bonds is 4. The van der Waals surface area contributed by atoms with Crippen LogP contribution < -0.4 is 10.1 Å². The Morgan fingerprint density at radius 1 is 1.31 bits per heavy atom. The number of anilines is 1. The molecule has 1 N–H and O–H groups in total. The minimum Gasteiger partial charge on any atom is -0.465 e. The third-order valence-electron chi connectivity index (χ3n) is 3.66. The Bertz CT molecular complexity index is 946. The molecule has 132 valence electrons. The van der Waals surface area contributed by atoms with E-state index >= 15 is 0 Å². The van der Waals surface area contributed by atoms with E-state index in [4.69, 9.17) is 9.15 Å². The molecule has 0 spiro atoms. The van der Waals surface area contributed by atoms with Gasteiger partial charge in [-0.2, -0.15) is 4.98 Å². The minimum absolute atomic E-state index is 0.419. The predicted octanol–water partition coefficient (Wildman–Crippen LogP) is 4.85. The Morgan fingerprint density at radius 2 is 2.23 bits per heavy atom. The van der Waals surface area contributed by atoms with E-state index in [0.29, 0.717) is 16.7 Å². The van der Waals surface area contributed by atoms with Crippen molar-refractivity contribution >= 4 is 39.5 Å². The quantitative estimate of drug-likeness (QED) is 0.592. The van der Waals surface area contributed by atoms with Gasteiger partial charge in [0.05, 0.1) is 6.26 Å². The molecule has 4 rings (SSSR count). The maximum absolute atomic E-state index is 6.08. The number of fused-ring (bicyclic) bond motifs is 3. The maximum Gasteiger partial charge on any atom is 0.247 e. The first kappa shape index (κ1) is 17.1. The normalized spacial score (nSPS) is 15.7. The summed E-state index contributed by atoms with van der Waals surface area (Å²) in [5.41, 5.74) is 2.40. The highest BCUT2D eigenvalue weighted by molar-refractivity contribution is 9.10. The topological polar surface area (TPSA) is 73.1 Å². The molecule has 0 aliphatic carbocycles. The smallest absolute Gasteiger partial charge is 0.247 e. The van der Waals surface area contributed by atoms with Crippen molar-refractivity contribution in [2.75, 3.05) is 11.1 Å². The van der Waals surface area contributed by atoms with Crippen LogP contribution in [0.3, 0.4) is 0 Å². The summed E-state index contributed by atoms with van der Waals surface area (Å²) < 4.78 is 12.4. The van der Waals surface area contributed by atoms with Gasteiger partial charge in [0.25, 0.3) is 0 Å². The molecule has 3 heterocycles. The number of benzene rings is 1. The molecule has 6 nitrogen and oxygen atoms in total. The van der Waals surface area contributed by atoms with Crippen LogP contribution in [0.5, 0.6) is 5.88 Å². The van der Waals surface area contributed by atoms with Crippen LogP contribution in [0.1, 0.15) is 12.7 Å². The van der Waals surface area contributed by atoms with Crippen LogP contribution in [0, 0.1) is 0 Å². The van der Waals surface area contributed by atoms with Crippen LogP contribution in [0.25, 0.3) is 17.3 Å². The van der Waals surface area contributed by atoms with Gasteiger partial charge in [0.1, 0.15) is 5.76 Å². The van der Waals surface area contributed by atoms with Crippen molar-refractivity contribution in [3.63, 3.8) is 0 Å². The van der Waals surface area contributed by atoms with E-state index in [1.807, 2.05) is 49.4 Å². The third kappa shape index (κ3) is 3.61. The van der Waals surface area contributed by atoms with Crippen molar-refractivity contribution in [1.82, 2.24) is 15.2 Å². The van der Waals surface area contributed by atoms with Crippen molar-refractivity contribution in [3.8, 4) is 17.1 Å². The van der Waals surface area contributed by atoms with E-state index in [9.17, 15) is 0 Å². The van der Waals surface area contributed by atoms with Crippen LogP contribution in [-0.2, 0) is 0 Å². The molecule has 1 unspecified atom stereocenters. The number of nitrogens with one attached hydrogen (secondary N) is 1. The first-order chi connectivity index (χ1) is 12.7. The van der Waals surface area contributed by atoms with Crippen LogP contribution >= 0.6 is 27.7 Å². The molecule has 0 radical (unpaired) electrons. The Balaban J connectivity index is 1.76. The minimum atomic E-state index is -0.419. The largest absolute Gasteiger partial charge is 0.465 e. The molecule has 0 saturated carbocycles. The zero-order valence-electron chi connectivity index (χ0n) is 13.8. The molecular formula is C18H15BrN4O2S. The Morgan fingerprint density at radius 3 is 3.04 bits per heavy atom. The van der Waals surface area contributed by atoms with Gasteiger partial charge < -0.3 is 14.5 Å². The van der Waals surface area contributed by atoms with Crippen LogP contribution in [0.4, 0.5) is 5.69 Å². The van der Waals surface area contributed by atoms with Gasteiger partial charge in [-0.3, -0.25) is 0 Å². The van der Waals surface area contributed by atoms with Gasteiger partial charge in [0.15, 0.2) is 11.9 Å². The number of hydrogen-bond donors (Lipinski definition) is 1. The summed E-state index contributed by atoms with van der Waals surface area (Å²) in [6.45, 7) is 2.05. The number of halogens is 1. The Labute approximate surface area is 163 Å². The van der Waals surface area contributed by atoms with E-state index in [-0.39, 0.29) is 0 Å². The van der Waals surface area contributed by atoms with Crippen LogP contribution in [-0.4, -0.2) is 27.2 Å². The van der Waals surface area contributed by atoms with Gasteiger partial charge in [-0.15, -0.1) is 10.2 Å². The fraction of sp³-hybridized carbons (Fsp3) is 0.167. The zero-order valence-corrected chi connectivity index (χ0v) is 16.3. The second kappa shape index (κ2) is 7.51. The SMILES string of the molecule is CCSc1nnc2c(n1)OC(/C=C/c1ccco1)Nc1ccc(Br)cc1-2. The summed E-state index contributed by atoms with van der Waals surface area (Å²) in [5.74, 6) is 2.07. The highest BCUT2D eigenvalue weighted by atomic mass is 79.9. The molecule has 1 aromatic carbocycles. The van der Waals surface area contributed by atoms with E-state index in [1.165, 1.54) is 11.8 Å². The molecule has 0 bridgehead atoms. The van der Waals surface area contributed by atoms with Crippen molar-refractivity contribution in [2.45, 2.75) is 18.3 Å². The standard InChI is InChI=1S/C18H15BrN4O2S/c1-2-26-18-21-17-16(22-23-18)13-10-11(19)5-7-14(13)20-15(25-17)8-6-12-4-3-9-24-12/h3-10,15,20H,2H2,1H3/b8-6+. The average Bonchev–Trinajstić information content (AvgIpc) is 3.10. The molecule has 0 amide bonds. The maximum atomic E-state index is 6.08. The van der Waals surface area contributed by atoms with Gasteiger partial charge in [0, 0.05) is 15.7 Å².